The first-order valence-corrected chi connectivity index (χ1v) is 7.71. The lowest BCUT2D eigenvalue weighted by Gasteiger charge is -2.25. The van der Waals surface area contributed by atoms with Crippen LogP contribution in [0.3, 0.4) is 0 Å². The Labute approximate surface area is 112 Å². The van der Waals surface area contributed by atoms with Gasteiger partial charge in [-0.3, -0.25) is 4.79 Å². The van der Waals surface area contributed by atoms with Crippen molar-refractivity contribution in [2.45, 2.75) is 19.4 Å². The van der Waals surface area contributed by atoms with Gasteiger partial charge >= 0.3 is 0 Å². The molecular weight excluding hydrogens is 268 g/mol. The van der Waals surface area contributed by atoms with E-state index in [1.807, 2.05) is 6.07 Å². The molecule has 1 heterocycles. The van der Waals surface area contributed by atoms with E-state index in [0.717, 1.165) is 0 Å². The summed E-state index contributed by atoms with van der Waals surface area (Å²) in [7, 11) is -3.24. The molecule has 0 saturated heterocycles. The molecule has 1 amide bonds. The van der Waals surface area contributed by atoms with Crippen LogP contribution in [0.5, 0.6) is 5.75 Å². The molecule has 1 unspecified atom stereocenters. The van der Waals surface area contributed by atoms with Gasteiger partial charge in [0.25, 0.3) is 5.91 Å². The van der Waals surface area contributed by atoms with E-state index < -0.39 is 16.1 Å². The Bertz CT molecular complexity index is 571. The first kappa shape index (κ1) is 13.8. The van der Waals surface area contributed by atoms with Gasteiger partial charge in [0, 0.05) is 13.0 Å². The number of hydrogen-bond donors (Lipinski definition) is 2. The number of nitrogens with one attached hydrogen (secondary N) is 2. The molecule has 7 heteroatoms. The van der Waals surface area contributed by atoms with E-state index in [1.54, 1.807) is 25.1 Å². The Balaban J connectivity index is 1.94. The van der Waals surface area contributed by atoms with Gasteiger partial charge in [-0.05, 0) is 19.1 Å². The van der Waals surface area contributed by atoms with Gasteiger partial charge in [-0.2, -0.15) is 0 Å². The molecule has 0 spiro atoms. The molecule has 0 fully saturated rings. The summed E-state index contributed by atoms with van der Waals surface area (Å²) in [4.78, 5) is 11.8. The summed E-state index contributed by atoms with van der Waals surface area (Å²) in [5, 5.41) is 2.73. The summed E-state index contributed by atoms with van der Waals surface area (Å²) >= 11 is 0. The highest BCUT2D eigenvalue weighted by atomic mass is 32.2. The van der Waals surface area contributed by atoms with E-state index >= 15 is 0 Å². The SMILES string of the molecule is CCS(=O)(=O)NCCC1Oc2ccccc2NC1=O. The Morgan fingerprint density at radius 3 is 2.84 bits per heavy atom. The zero-order chi connectivity index (χ0) is 13.9. The predicted octanol–water partition coefficient (Wildman–Crippen LogP) is 0.715. The highest BCUT2D eigenvalue weighted by molar-refractivity contribution is 7.89. The van der Waals surface area contributed by atoms with Crippen molar-refractivity contribution in [2.24, 2.45) is 0 Å². The third-order valence-corrected chi connectivity index (χ3v) is 4.22. The average Bonchev–Trinajstić information content (AvgIpc) is 2.39. The van der Waals surface area contributed by atoms with Gasteiger partial charge in [0.2, 0.25) is 10.0 Å². The number of fused-ring (bicyclic) bond motifs is 1. The van der Waals surface area contributed by atoms with Gasteiger partial charge in [0.1, 0.15) is 5.75 Å². The van der Waals surface area contributed by atoms with E-state index in [4.69, 9.17) is 4.74 Å². The highest BCUT2D eigenvalue weighted by Gasteiger charge is 2.27. The Morgan fingerprint density at radius 1 is 1.37 bits per heavy atom. The maximum atomic E-state index is 11.8. The fourth-order valence-corrected chi connectivity index (χ4v) is 2.36. The van der Waals surface area contributed by atoms with Crippen LogP contribution >= 0.6 is 0 Å². The molecule has 19 heavy (non-hydrogen) atoms. The number of hydrogen-bond acceptors (Lipinski definition) is 4. The van der Waals surface area contributed by atoms with E-state index in [2.05, 4.69) is 10.0 Å². The van der Waals surface area contributed by atoms with Crippen molar-refractivity contribution in [1.82, 2.24) is 4.72 Å². The van der Waals surface area contributed by atoms with E-state index in [1.165, 1.54) is 0 Å². The molecule has 6 nitrogen and oxygen atoms in total. The number of carbonyl (C=O) groups excluding carboxylic acids is 1. The molecule has 1 aliphatic rings. The molecule has 0 bridgehead atoms. The normalized spacial score (nSPS) is 18.4. The number of carbonyl (C=O) groups is 1. The van der Waals surface area contributed by atoms with Gasteiger partial charge < -0.3 is 10.1 Å². The van der Waals surface area contributed by atoms with Crippen LogP contribution in [-0.4, -0.2) is 32.7 Å². The minimum absolute atomic E-state index is 0.0214. The van der Waals surface area contributed by atoms with Gasteiger partial charge in [-0.15, -0.1) is 0 Å². The molecular formula is C12H16N2O4S. The van der Waals surface area contributed by atoms with Crippen LogP contribution in [0.1, 0.15) is 13.3 Å². The first-order chi connectivity index (χ1) is 9.02. The van der Waals surface area contributed by atoms with Crippen LogP contribution in [0, 0.1) is 0 Å². The van der Waals surface area contributed by atoms with Crippen molar-refractivity contribution < 1.29 is 17.9 Å². The zero-order valence-electron chi connectivity index (χ0n) is 10.5. The molecule has 1 aromatic carbocycles. The minimum atomic E-state index is -3.24. The van der Waals surface area contributed by atoms with Crippen molar-refractivity contribution in [2.75, 3.05) is 17.6 Å². The lowest BCUT2D eigenvalue weighted by Crippen LogP contribution is -2.39. The Morgan fingerprint density at radius 2 is 2.11 bits per heavy atom. The summed E-state index contributed by atoms with van der Waals surface area (Å²) in [6, 6.07) is 7.13. The molecule has 104 valence electrons. The molecule has 2 N–H and O–H groups in total. The maximum absolute atomic E-state index is 11.8. The second-order valence-corrected chi connectivity index (χ2v) is 6.27. The molecule has 0 aliphatic carbocycles. The fraction of sp³-hybridized carbons (Fsp3) is 0.417. The summed E-state index contributed by atoms with van der Waals surface area (Å²) < 4.78 is 30.5. The lowest BCUT2D eigenvalue weighted by molar-refractivity contribution is -0.123. The minimum Gasteiger partial charge on any atom is -0.478 e. The molecule has 0 radical (unpaired) electrons. The number of amides is 1. The topological polar surface area (TPSA) is 84.5 Å². The Hall–Kier alpha value is -1.60. The molecule has 1 aliphatic heterocycles. The lowest BCUT2D eigenvalue weighted by atomic mass is 10.2. The van der Waals surface area contributed by atoms with Crippen molar-refractivity contribution in [3.8, 4) is 5.75 Å². The van der Waals surface area contributed by atoms with Crippen molar-refractivity contribution in [3.63, 3.8) is 0 Å². The number of ether oxygens (including phenoxy) is 1. The number of benzene rings is 1. The number of sulfonamides is 1. The van der Waals surface area contributed by atoms with E-state index in [0.29, 0.717) is 17.9 Å². The fourth-order valence-electron chi connectivity index (χ4n) is 1.73. The molecule has 2 rings (SSSR count). The molecule has 1 aromatic rings. The third kappa shape index (κ3) is 3.45. The number of anilines is 1. The molecule has 1 atom stereocenters. The predicted molar refractivity (Wildman–Crippen MR) is 71.6 cm³/mol. The summed E-state index contributed by atoms with van der Waals surface area (Å²) in [5.41, 5.74) is 0.637. The van der Waals surface area contributed by atoms with Crippen LogP contribution < -0.4 is 14.8 Å². The van der Waals surface area contributed by atoms with Crippen molar-refractivity contribution >= 4 is 21.6 Å². The molecule has 0 aromatic heterocycles. The Kier molecular flexibility index (Phi) is 4.06. The zero-order valence-corrected chi connectivity index (χ0v) is 11.4. The highest BCUT2D eigenvalue weighted by Crippen LogP contribution is 2.29. The maximum Gasteiger partial charge on any atom is 0.265 e. The molecule has 0 saturated carbocycles. The van der Waals surface area contributed by atoms with Gasteiger partial charge in [0.05, 0.1) is 11.4 Å². The smallest absolute Gasteiger partial charge is 0.265 e. The first-order valence-electron chi connectivity index (χ1n) is 6.06. The second kappa shape index (κ2) is 5.58. The van der Waals surface area contributed by atoms with Gasteiger partial charge in [-0.25, -0.2) is 13.1 Å². The van der Waals surface area contributed by atoms with Gasteiger partial charge in [0.15, 0.2) is 6.10 Å². The van der Waals surface area contributed by atoms with E-state index in [9.17, 15) is 13.2 Å². The van der Waals surface area contributed by atoms with Crippen LogP contribution in [0.25, 0.3) is 0 Å². The van der Waals surface area contributed by atoms with Crippen LogP contribution in [-0.2, 0) is 14.8 Å². The average molecular weight is 284 g/mol. The van der Waals surface area contributed by atoms with Crippen LogP contribution in [0.4, 0.5) is 5.69 Å². The third-order valence-electron chi connectivity index (χ3n) is 2.82. The number of rotatable bonds is 5. The standard InChI is InChI=1S/C12H16N2O4S/c1-2-19(16,17)13-8-7-11-12(15)14-9-5-3-4-6-10(9)18-11/h3-6,11,13H,2,7-8H2,1H3,(H,14,15). The van der Waals surface area contributed by atoms with Crippen molar-refractivity contribution in [3.05, 3.63) is 24.3 Å². The van der Waals surface area contributed by atoms with Crippen LogP contribution in [0.2, 0.25) is 0 Å². The monoisotopic (exact) mass is 284 g/mol. The summed E-state index contributed by atoms with van der Waals surface area (Å²) in [6.45, 7) is 1.73. The van der Waals surface area contributed by atoms with Crippen molar-refractivity contribution in [1.29, 1.82) is 0 Å². The quantitative estimate of drug-likeness (QED) is 0.834. The van der Waals surface area contributed by atoms with Crippen LogP contribution in [0.15, 0.2) is 24.3 Å². The summed E-state index contributed by atoms with van der Waals surface area (Å²) in [6.07, 6.45) is -0.381. The number of para-hydroxylation sites is 2. The van der Waals surface area contributed by atoms with Gasteiger partial charge in [-0.1, -0.05) is 12.1 Å². The largest absolute Gasteiger partial charge is 0.478 e. The summed E-state index contributed by atoms with van der Waals surface area (Å²) in [5.74, 6) is 0.368. The van der Waals surface area contributed by atoms with E-state index in [-0.39, 0.29) is 18.2 Å². The second-order valence-electron chi connectivity index (χ2n) is 4.18.